The molecular weight excluding hydrogens is 245 g/mol. The van der Waals surface area contributed by atoms with Gasteiger partial charge in [-0.2, -0.15) is 0 Å². The lowest BCUT2D eigenvalue weighted by Crippen LogP contribution is -2.01. The van der Waals surface area contributed by atoms with Crippen LogP contribution in [0, 0.1) is 0 Å². The van der Waals surface area contributed by atoms with Gasteiger partial charge in [-0.3, -0.25) is 0 Å². The number of alkyl halides is 1. The summed E-state index contributed by atoms with van der Waals surface area (Å²) in [7, 11) is 1.91. The minimum atomic E-state index is 0.374. The average Bonchev–Trinajstić information content (AvgIpc) is 2.60. The van der Waals surface area contributed by atoms with Crippen LogP contribution < -0.4 is 0 Å². The number of rotatable bonds is 3. The molecule has 0 amide bonds. The Kier molecular flexibility index (Phi) is 3.46. The Bertz CT molecular complexity index is 494. The molecule has 1 heterocycles. The molecule has 16 heavy (non-hydrogen) atoms. The van der Waals surface area contributed by atoms with Gasteiger partial charge in [0, 0.05) is 18.5 Å². The molecule has 0 saturated carbocycles. The van der Waals surface area contributed by atoms with Crippen LogP contribution in [0.2, 0.25) is 5.02 Å². The zero-order chi connectivity index (χ0) is 11.5. The highest BCUT2D eigenvalue weighted by Gasteiger charge is 2.08. The maximum atomic E-state index is 5.92. The predicted molar refractivity (Wildman–Crippen MR) is 64.8 cm³/mol. The van der Waals surface area contributed by atoms with E-state index in [1.165, 1.54) is 0 Å². The van der Waals surface area contributed by atoms with Gasteiger partial charge in [-0.15, -0.1) is 21.8 Å². The van der Waals surface area contributed by atoms with Crippen molar-refractivity contribution in [1.29, 1.82) is 0 Å². The number of halogens is 2. The van der Waals surface area contributed by atoms with E-state index in [1.807, 2.05) is 35.9 Å². The first-order valence-corrected chi connectivity index (χ1v) is 5.79. The Morgan fingerprint density at radius 1 is 1.25 bits per heavy atom. The molecule has 0 unspecified atom stereocenters. The maximum absolute atomic E-state index is 5.92. The Morgan fingerprint density at radius 3 is 2.62 bits per heavy atom. The number of benzene rings is 1. The van der Waals surface area contributed by atoms with E-state index in [1.54, 1.807) is 0 Å². The van der Waals surface area contributed by atoms with Crippen molar-refractivity contribution in [2.75, 3.05) is 0 Å². The van der Waals surface area contributed by atoms with E-state index in [0.29, 0.717) is 12.3 Å². The van der Waals surface area contributed by atoms with Gasteiger partial charge in [0.05, 0.1) is 5.88 Å². The van der Waals surface area contributed by atoms with Crippen LogP contribution >= 0.6 is 23.2 Å². The average molecular weight is 256 g/mol. The monoisotopic (exact) mass is 255 g/mol. The van der Waals surface area contributed by atoms with Crippen molar-refractivity contribution in [2.45, 2.75) is 12.3 Å². The van der Waals surface area contributed by atoms with E-state index in [-0.39, 0.29) is 0 Å². The summed E-state index contributed by atoms with van der Waals surface area (Å²) in [6.07, 6.45) is 0.709. The van der Waals surface area contributed by atoms with Gasteiger partial charge in [0.15, 0.2) is 0 Å². The topological polar surface area (TPSA) is 30.7 Å². The zero-order valence-corrected chi connectivity index (χ0v) is 10.3. The second-order valence-electron chi connectivity index (χ2n) is 3.53. The summed E-state index contributed by atoms with van der Waals surface area (Å²) in [5, 5.41) is 8.83. The minimum absolute atomic E-state index is 0.374. The molecule has 0 spiro atoms. The molecule has 84 valence electrons. The summed E-state index contributed by atoms with van der Waals surface area (Å²) in [6.45, 7) is 0. The highest BCUT2D eigenvalue weighted by molar-refractivity contribution is 6.30. The predicted octanol–water partition coefficient (Wildman–Crippen LogP) is 2.80. The lowest BCUT2D eigenvalue weighted by molar-refractivity contribution is 0.790. The van der Waals surface area contributed by atoms with Crippen molar-refractivity contribution in [1.82, 2.24) is 14.8 Å². The molecule has 0 aliphatic heterocycles. The van der Waals surface area contributed by atoms with Crippen molar-refractivity contribution in [3.63, 3.8) is 0 Å². The first-order chi connectivity index (χ1) is 7.70. The summed E-state index contributed by atoms with van der Waals surface area (Å²) in [6, 6.07) is 7.72. The third-order valence-electron chi connectivity index (χ3n) is 2.43. The molecule has 0 aliphatic carbocycles. The molecule has 1 aromatic heterocycles. The third-order valence-corrected chi connectivity index (χ3v) is 2.90. The van der Waals surface area contributed by atoms with Crippen LogP contribution in [0.1, 0.15) is 17.2 Å². The zero-order valence-electron chi connectivity index (χ0n) is 8.82. The second-order valence-corrected chi connectivity index (χ2v) is 4.24. The number of aromatic nitrogens is 3. The quantitative estimate of drug-likeness (QED) is 0.790. The highest BCUT2D eigenvalue weighted by atomic mass is 35.5. The minimum Gasteiger partial charge on any atom is -0.317 e. The Balaban J connectivity index is 2.24. The van der Waals surface area contributed by atoms with Crippen molar-refractivity contribution in [3.05, 3.63) is 46.5 Å². The summed E-state index contributed by atoms with van der Waals surface area (Å²) in [5.74, 6) is 2.04. The summed E-state index contributed by atoms with van der Waals surface area (Å²) in [4.78, 5) is 0. The number of hydrogen-bond acceptors (Lipinski definition) is 2. The van der Waals surface area contributed by atoms with Crippen LogP contribution in [0.3, 0.4) is 0 Å². The summed E-state index contributed by atoms with van der Waals surface area (Å²) >= 11 is 11.6. The highest BCUT2D eigenvalue weighted by Crippen LogP contribution is 2.14. The standard InChI is InChI=1S/C11H11Cl2N3/c1-16-10(14-15-11(16)7-12)6-8-3-2-4-9(13)5-8/h2-5H,6-7H2,1H3. The van der Waals surface area contributed by atoms with E-state index in [9.17, 15) is 0 Å². The van der Waals surface area contributed by atoms with Gasteiger partial charge in [0.25, 0.3) is 0 Å². The first-order valence-electron chi connectivity index (χ1n) is 4.88. The summed E-state index contributed by atoms with van der Waals surface area (Å²) in [5.41, 5.74) is 1.11. The fraction of sp³-hybridized carbons (Fsp3) is 0.273. The molecular formula is C11H11Cl2N3. The number of hydrogen-bond donors (Lipinski definition) is 0. The molecule has 0 N–H and O–H groups in total. The van der Waals surface area contributed by atoms with Gasteiger partial charge in [-0.1, -0.05) is 23.7 Å². The molecule has 0 aliphatic rings. The Morgan fingerprint density at radius 2 is 2.00 bits per heavy atom. The van der Waals surface area contributed by atoms with Gasteiger partial charge in [0.2, 0.25) is 0 Å². The Labute approximate surface area is 104 Å². The molecule has 0 saturated heterocycles. The van der Waals surface area contributed by atoms with E-state index in [0.717, 1.165) is 22.2 Å². The first kappa shape index (κ1) is 11.4. The summed E-state index contributed by atoms with van der Waals surface area (Å²) < 4.78 is 1.91. The molecule has 1 aromatic carbocycles. The fourth-order valence-corrected chi connectivity index (χ4v) is 1.94. The SMILES string of the molecule is Cn1c(CCl)nnc1Cc1cccc(Cl)c1. The van der Waals surface area contributed by atoms with E-state index < -0.39 is 0 Å². The van der Waals surface area contributed by atoms with Gasteiger partial charge >= 0.3 is 0 Å². The third kappa shape index (κ3) is 2.36. The molecule has 0 radical (unpaired) electrons. The van der Waals surface area contributed by atoms with Crippen LogP contribution in [0.25, 0.3) is 0 Å². The molecule has 0 bridgehead atoms. The number of nitrogens with zero attached hydrogens (tertiary/aromatic N) is 3. The van der Waals surface area contributed by atoms with Crippen molar-refractivity contribution >= 4 is 23.2 Å². The molecule has 3 nitrogen and oxygen atoms in total. The Hall–Kier alpha value is -1.06. The van der Waals surface area contributed by atoms with E-state index >= 15 is 0 Å². The molecule has 0 atom stereocenters. The fourth-order valence-electron chi connectivity index (χ4n) is 1.50. The van der Waals surface area contributed by atoms with Gasteiger partial charge in [0.1, 0.15) is 11.6 Å². The van der Waals surface area contributed by atoms with Crippen LogP contribution in [-0.2, 0) is 19.3 Å². The molecule has 0 fully saturated rings. The van der Waals surface area contributed by atoms with E-state index in [2.05, 4.69) is 10.2 Å². The van der Waals surface area contributed by atoms with Crippen molar-refractivity contribution in [3.8, 4) is 0 Å². The molecule has 2 rings (SSSR count). The lowest BCUT2D eigenvalue weighted by atomic mass is 10.1. The van der Waals surface area contributed by atoms with Crippen molar-refractivity contribution in [2.24, 2.45) is 7.05 Å². The normalized spacial score (nSPS) is 10.7. The van der Waals surface area contributed by atoms with Crippen molar-refractivity contribution < 1.29 is 0 Å². The second kappa shape index (κ2) is 4.85. The molecule has 2 aromatic rings. The van der Waals surface area contributed by atoms with Crippen LogP contribution in [-0.4, -0.2) is 14.8 Å². The van der Waals surface area contributed by atoms with Gasteiger partial charge < -0.3 is 4.57 Å². The van der Waals surface area contributed by atoms with E-state index in [4.69, 9.17) is 23.2 Å². The van der Waals surface area contributed by atoms with Crippen LogP contribution in [0.15, 0.2) is 24.3 Å². The van der Waals surface area contributed by atoms with Gasteiger partial charge in [-0.05, 0) is 17.7 Å². The largest absolute Gasteiger partial charge is 0.317 e. The van der Waals surface area contributed by atoms with Crippen LogP contribution in [0.4, 0.5) is 0 Å². The maximum Gasteiger partial charge on any atom is 0.147 e. The molecule has 5 heteroatoms. The van der Waals surface area contributed by atoms with Crippen LogP contribution in [0.5, 0.6) is 0 Å². The van der Waals surface area contributed by atoms with Gasteiger partial charge in [-0.25, -0.2) is 0 Å². The lowest BCUT2D eigenvalue weighted by Gasteiger charge is -2.02. The smallest absolute Gasteiger partial charge is 0.147 e.